The van der Waals surface area contributed by atoms with Gasteiger partial charge in [-0.25, -0.2) is 19.8 Å². The van der Waals surface area contributed by atoms with Gasteiger partial charge in [-0.3, -0.25) is 9.63 Å². The molecular weight excluding hydrogens is 537 g/mol. The van der Waals surface area contributed by atoms with Gasteiger partial charge in [-0.05, 0) is 31.2 Å². The monoisotopic (exact) mass is 553 g/mol. The van der Waals surface area contributed by atoms with E-state index in [1.54, 1.807) is 22.8 Å². The predicted octanol–water partition coefficient (Wildman–Crippen LogP) is 4.80. The number of hydroxylamine groups is 1. The van der Waals surface area contributed by atoms with Crippen LogP contribution in [0.2, 0.25) is 5.02 Å². The lowest BCUT2D eigenvalue weighted by molar-refractivity contribution is 0.0169. The number of hydrogen-bond acceptors (Lipinski definition) is 7. The van der Waals surface area contributed by atoms with E-state index in [9.17, 15) is 4.79 Å². The van der Waals surface area contributed by atoms with Gasteiger partial charge in [0.15, 0.2) is 5.82 Å². The summed E-state index contributed by atoms with van der Waals surface area (Å²) >= 11 is 11.1. The van der Waals surface area contributed by atoms with Crippen LogP contribution < -0.4 is 10.8 Å². The number of thiazole rings is 1. The predicted molar refractivity (Wildman–Crippen MR) is 129 cm³/mol. The summed E-state index contributed by atoms with van der Waals surface area (Å²) in [6.45, 7) is 1.87. The lowest BCUT2D eigenvalue weighted by Crippen LogP contribution is -2.26. The van der Waals surface area contributed by atoms with Crippen molar-refractivity contribution in [3.05, 3.63) is 67.6 Å². The molecule has 33 heavy (non-hydrogen) atoms. The van der Waals surface area contributed by atoms with Gasteiger partial charge in [0.05, 0.1) is 64.3 Å². The summed E-state index contributed by atoms with van der Waals surface area (Å²) in [4.78, 5) is 26.5. The van der Waals surface area contributed by atoms with Crippen molar-refractivity contribution >= 4 is 67.2 Å². The molecule has 12 heteroatoms. The zero-order valence-electron chi connectivity index (χ0n) is 17.2. The van der Waals surface area contributed by atoms with Gasteiger partial charge in [0.25, 0.3) is 5.91 Å². The van der Waals surface area contributed by atoms with Crippen LogP contribution in [0.25, 0.3) is 11.0 Å². The molecule has 2 heterocycles. The van der Waals surface area contributed by atoms with Gasteiger partial charge in [-0.15, -0.1) is 11.3 Å². The molecule has 0 saturated carbocycles. The molecule has 0 saturated heterocycles. The molecule has 0 bridgehead atoms. The van der Waals surface area contributed by atoms with Crippen LogP contribution in [0.15, 0.2) is 40.4 Å². The van der Waals surface area contributed by atoms with Gasteiger partial charge in [-0.2, -0.15) is 0 Å². The second-order valence-electron chi connectivity index (χ2n) is 6.96. The summed E-state index contributed by atoms with van der Waals surface area (Å²) in [6.07, 6.45) is 1.50. The molecule has 0 radical (unpaired) electrons. The Kier molecular flexibility index (Phi) is 7.25. The van der Waals surface area contributed by atoms with Gasteiger partial charge >= 0.3 is 0 Å². The van der Waals surface area contributed by atoms with Gasteiger partial charge < -0.3 is 15.0 Å². The molecule has 2 aromatic carbocycles. The molecule has 8 nitrogen and oxygen atoms in total. The molecule has 3 N–H and O–H groups in total. The Morgan fingerprint density at radius 1 is 1.39 bits per heavy atom. The van der Waals surface area contributed by atoms with Crippen molar-refractivity contribution in [2.45, 2.75) is 13.5 Å². The second-order valence-corrected chi connectivity index (χ2v) is 9.35. The summed E-state index contributed by atoms with van der Waals surface area (Å²) in [5.74, 6) is -1.41. The van der Waals surface area contributed by atoms with Gasteiger partial charge in [-0.1, -0.05) is 27.5 Å². The van der Waals surface area contributed by atoms with Crippen molar-refractivity contribution in [3.63, 3.8) is 0 Å². The Bertz CT molecular complexity index is 1330. The summed E-state index contributed by atoms with van der Waals surface area (Å²) in [5.41, 5.74) is 3.81. The Morgan fingerprint density at radius 3 is 2.91 bits per heavy atom. The highest BCUT2D eigenvalue weighted by Gasteiger charge is 2.23. The van der Waals surface area contributed by atoms with Crippen LogP contribution in [0.4, 0.5) is 15.8 Å². The number of fused-ring (bicyclic) bond motifs is 1. The largest absolute Gasteiger partial charge is 0.394 e. The maximum Gasteiger partial charge on any atom is 0.277 e. The smallest absolute Gasteiger partial charge is 0.277 e. The molecule has 4 rings (SSSR count). The zero-order valence-corrected chi connectivity index (χ0v) is 20.4. The number of carbonyl (C=O) groups excluding carboxylic acids is 1. The quantitative estimate of drug-likeness (QED) is 0.214. The number of hydrogen-bond donors (Lipinski definition) is 3. The number of rotatable bonds is 8. The minimum atomic E-state index is -0.716. The van der Waals surface area contributed by atoms with Crippen LogP contribution in [0.1, 0.15) is 21.1 Å². The normalized spacial score (nSPS) is 11.2. The minimum absolute atomic E-state index is 0.0202. The van der Waals surface area contributed by atoms with E-state index in [0.29, 0.717) is 22.8 Å². The number of imidazole rings is 1. The van der Waals surface area contributed by atoms with E-state index in [0.717, 1.165) is 15.2 Å². The number of halogens is 3. The summed E-state index contributed by atoms with van der Waals surface area (Å²) < 4.78 is 18.1. The van der Waals surface area contributed by atoms with Gasteiger partial charge in [0.1, 0.15) is 5.52 Å². The van der Waals surface area contributed by atoms with Crippen molar-refractivity contribution < 1.29 is 19.1 Å². The number of carbonyl (C=O) groups is 1. The van der Waals surface area contributed by atoms with Crippen LogP contribution in [-0.2, 0) is 11.4 Å². The number of aryl methyl sites for hydroxylation is 1. The Balaban J connectivity index is 1.79. The number of aromatic nitrogens is 3. The van der Waals surface area contributed by atoms with Gasteiger partial charge in [0.2, 0.25) is 0 Å². The van der Waals surface area contributed by atoms with Crippen LogP contribution in [0, 0.1) is 12.7 Å². The van der Waals surface area contributed by atoms with Crippen molar-refractivity contribution in [2.24, 2.45) is 0 Å². The Labute approximate surface area is 205 Å². The molecule has 0 unspecified atom stereocenters. The second kappa shape index (κ2) is 10.1. The van der Waals surface area contributed by atoms with E-state index >= 15 is 4.39 Å². The zero-order chi connectivity index (χ0) is 23.5. The fourth-order valence-corrected chi connectivity index (χ4v) is 4.51. The van der Waals surface area contributed by atoms with Gasteiger partial charge in [0, 0.05) is 9.85 Å². The van der Waals surface area contributed by atoms with E-state index in [1.807, 2.05) is 12.3 Å². The fraction of sp³-hybridized carbons (Fsp3) is 0.190. The molecule has 4 aromatic rings. The van der Waals surface area contributed by atoms with Crippen LogP contribution in [0.5, 0.6) is 0 Å². The molecule has 0 atom stereocenters. The highest BCUT2D eigenvalue weighted by atomic mass is 79.9. The first kappa shape index (κ1) is 23.6. The molecule has 0 aliphatic carbocycles. The lowest BCUT2D eigenvalue weighted by atomic mass is 10.1. The summed E-state index contributed by atoms with van der Waals surface area (Å²) in [5, 5.41) is 15.0. The van der Waals surface area contributed by atoms with E-state index in [1.165, 1.54) is 23.7 Å². The fourth-order valence-electron chi connectivity index (χ4n) is 3.18. The third kappa shape index (κ3) is 5.17. The first-order chi connectivity index (χ1) is 15.9. The van der Waals surface area contributed by atoms with E-state index in [-0.39, 0.29) is 30.0 Å². The maximum absolute atomic E-state index is 15.7. The highest BCUT2D eigenvalue weighted by Crippen LogP contribution is 2.34. The molecular formula is C21H18BrClFN5O3S. The lowest BCUT2D eigenvalue weighted by Gasteiger charge is -2.15. The molecule has 0 aliphatic heterocycles. The molecule has 172 valence electrons. The van der Waals surface area contributed by atoms with Crippen molar-refractivity contribution in [1.29, 1.82) is 0 Å². The highest BCUT2D eigenvalue weighted by molar-refractivity contribution is 9.10. The molecule has 0 fully saturated rings. The molecule has 2 aromatic heterocycles. The third-order valence-electron chi connectivity index (χ3n) is 4.65. The first-order valence-corrected chi connectivity index (χ1v) is 11.8. The maximum atomic E-state index is 15.7. The SMILES string of the molecule is Cc1nc(Cn2cnc3c(F)c(Nc4ccc(Br)cc4Cl)c(C(=O)NOCCO)cc32)cs1. The average molecular weight is 555 g/mol. The number of anilines is 2. The number of benzene rings is 2. The van der Waals surface area contributed by atoms with Crippen LogP contribution >= 0.6 is 38.9 Å². The van der Waals surface area contributed by atoms with E-state index in [4.69, 9.17) is 21.5 Å². The first-order valence-electron chi connectivity index (χ1n) is 9.70. The number of amides is 1. The van der Waals surface area contributed by atoms with E-state index < -0.39 is 11.7 Å². The molecule has 0 aliphatic rings. The average Bonchev–Trinajstić information content (AvgIpc) is 3.38. The standard InChI is InChI=1S/C21H18BrClFN5O3S/c1-11-26-13(9-33-11)8-29-10-25-20-17(29)7-14(21(31)28-32-5-4-30)19(18(20)24)27-16-3-2-12(22)6-15(16)23/h2-3,6-7,9-10,27,30H,4-5,8H2,1H3,(H,28,31). The van der Waals surface area contributed by atoms with E-state index in [2.05, 4.69) is 36.7 Å². The summed E-state index contributed by atoms with van der Waals surface area (Å²) in [7, 11) is 0. The van der Waals surface area contributed by atoms with Crippen molar-refractivity contribution in [3.8, 4) is 0 Å². The Morgan fingerprint density at radius 2 is 2.21 bits per heavy atom. The number of nitrogens with one attached hydrogen (secondary N) is 2. The third-order valence-corrected chi connectivity index (χ3v) is 6.28. The number of aliphatic hydroxyl groups is 1. The van der Waals surface area contributed by atoms with Crippen LogP contribution in [0.3, 0.4) is 0 Å². The molecule has 1 amide bonds. The Hall–Kier alpha value is -2.57. The van der Waals surface area contributed by atoms with Crippen molar-refractivity contribution in [1.82, 2.24) is 20.0 Å². The number of aliphatic hydroxyl groups excluding tert-OH is 1. The topological polar surface area (TPSA) is 101 Å². The summed E-state index contributed by atoms with van der Waals surface area (Å²) in [6, 6.07) is 6.56. The number of nitrogens with zero attached hydrogens (tertiary/aromatic N) is 3. The van der Waals surface area contributed by atoms with Crippen LogP contribution in [-0.4, -0.2) is 38.8 Å². The molecule has 0 spiro atoms. The minimum Gasteiger partial charge on any atom is -0.394 e. The van der Waals surface area contributed by atoms with Crippen molar-refractivity contribution in [2.75, 3.05) is 18.5 Å².